The van der Waals surface area contributed by atoms with E-state index in [4.69, 9.17) is 9.47 Å². The van der Waals surface area contributed by atoms with Crippen molar-refractivity contribution in [2.45, 2.75) is 39.3 Å². The Labute approximate surface area is 128 Å². The predicted octanol–water partition coefficient (Wildman–Crippen LogP) is 1.62. The molecule has 0 amide bonds. The second kappa shape index (κ2) is 13.4. The van der Waals surface area contributed by atoms with E-state index in [1.165, 1.54) is 0 Å². The number of methoxy groups -OCH3 is 1. The molecule has 0 rings (SSSR count). The topological polar surface area (TPSA) is 54.9 Å². The number of rotatable bonds is 8. The fraction of sp³-hybridized carbons (Fsp3) is 0.917. The van der Waals surface area contributed by atoms with Crippen molar-refractivity contribution in [3.05, 3.63) is 0 Å². The molecule has 1 unspecified atom stereocenters. The molecule has 0 aliphatic rings. The summed E-state index contributed by atoms with van der Waals surface area (Å²) in [5.74, 6) is 0.805. The fourth-order valence-electron chi connectivity index (χ4n) is 1.32. The van der Waals surface area contributed by atoms with Crippen LogP contribution >= 0.6 is 24.0 Å². The SMILES string of the molecule is CN=C(NCCCOC(C)C)NC(C)COC.I. The van der Waals surface area contributed by atoms with E-state index < -0.39 is 0 Å². The summed E-state index contributed by atoms with van der Waals surface area (Å²) < 4.78 is 10.5. The van der Waals surface area contributed by atoms with Crippen LogP contribution < -0.4 is 10.6 Å². The molecule has 0 heterocycles. The van der Waals surface area contributed by atoms with Crippen molar-refractivity contribution in [3.63, 3.8) is 0 Å². The highest BCUT2D eigenvalue weighted by atomic mass is 127. The third kappa shape index (κ3) is 12.4. The minimum absolute atomic E-state index is 0. The first-order valence-electron chi connectivity index (χ1n) is 6.17. The first-order chi connectivity index (χ1) is 8.10. The number of hydrogen-bond acceptors (Lipinski definition) is 3. The van der Waals surface area contributed by atoms with Gasteiger partial charge in [0, 0.05) is 33.4 Å². The van der Waals surface area contributed by atoms with Crippen LogP contribution in [0.3, 0.4) is 0 Å². The Hall–Kier alpha value is -0.0800. The van der Waals surface area contributed by atoms with Gasteiger partial charge in [0.05, 0.1) is 12.7 Å². The monoisotopic (exact) mass is 373 g/mol. The van der Waals surface area contributed by atoms with E-state index in [9.17, 15) is 0 Å². The van der Waals surface area contributed by atoms with Gasteiger partial charge >= 0.3 is 0 Å². The molecule has 0 spiro atoms. The van der Waals surface area contributed by atoms with Crippen LogP contribution in [0.1, 0.15) is 27.2 Å². The zero-order chi connectivity index (χ0) is 13.1. The highest BCUT2D eigenvalue weighted by Gasteiger charge is 2.03. The maximum absolute atomic E-state index is 5.46. The first kappa shape index (κ1) is 20.2. The molecule has 6 heteroatoms. The van der Waals surface area contributed by atoms with Gasteiger partial charge in [0.2, 0.25) is 0 Å². The van der Waals surface area contributed by atoms with Crippen LogP contribution in [0.25, 0.3) is 0 Å². The maximum atomic E-state index is 5.46. The van der Waals surface area contributed by atoms with Gasteiger partial charge in [0.25, 0.3) is 0 Å². The van der Waals surface area contributed by atoms with E-state index in [1.807, 2.05) is 13.8 Å². The molecule has 0 radical (unpaired) electrons. The van der Waals surface area contributed by atoms with Crippen molar-refractivity contribution in [1.29, 1.82) is 0 Å². The molecule has 0 aliphatic carbocycles. The first-order valence-corrected chi connectivity index (χ1v) is 6.17. The van der Waals surface area contributed by atoms with Gasteiger partial charge in [-0.3, -0.25) is 4.99 Å². The quantitative estimate of drug-likeness (QED) is 0.294. The van der Waals surface area contributed by atoms with Gasteiger partial charge in [-0.15, -0.1) is 24.0 Å². The average molecular weight is 373 g/mol. The molecule has 0 aromatic carbocycles. The molecule has 0 aliphatic heterocycles. The second-order valence-electron chi connectivity index (χ2n) is 4.27. The molecule has 5 nitrogen and oxygen atoms in total. The summed E-state index contributed by atoms with van der Waals surface area (Å²) in [7, 11) is 3.46. The number of hydrogen-bond donors (Lipinski definition) is 2. The molecule has 0 saturated heterocycles. The number of guanidine groups is 1. The molecule has 0 bridgehead atoms. The molecule has 2 N–H and O–H groups in total. The minimum Gasteiger partial charge on any atom is -0.383 e. The molecule has 18 heavy (non-hydrogen) atoms. The van der Waals surface area contributed by atoms with Crippen molar-refractivity contribution >= 4 is 29.9 Å². The van der Waals surface area contributed by atoms with Crippen molar-refractivity contribution in [2.75, 3.05) is 33.9 Å². The summed E-state index contributed by atoms with van der Waals surface area (Å²) in [6.45, 7) is 8.43. The largest absolute Gasteiger partial charge is 0.383 e. The molecular weight excluding hydrogens is 345 g/mol. The standard InChI is InChI=1S/C12H27N3O2.HI/c1-10(2)17-8-6-7-14-12(13-4)15-11(3)9-16-5;/h10-11H,6-9H2,1-5H3,(H2,13,14,15);1H. The summed E-state index contributed by atoms with van der Waals surface area (Å²) in [6, 6.07) is 0.248. The van der Waals surface area contributed by atoms with E-state index in [0.29, 0.717) is 12.7 Å². The van der Waals surface area contributed by atoms with Crippen LogP contribution in [0.4, 0.5) is 0 Å². The van der Waals surface area contributed by atoms with E-state index >= 15 is 0 Å². The van der Waals surface area contributed by atoms with Gasteiger partial charge < -0.3 is 20.1 Å². The highest BCUT2D eigenvalue weighted by Crippen LogP contribution is 1.89. The summed E-state index contributed by atoms with van der Waals surface area (Å²) in [5.41, 5.74) is 0. The Morgan fingerprint density at radius 3 is 2.44 bits per heavy atom. The maximum Gasteiger partial charge on any atom is 0.191 e. The highest BCUT2D eigenvalue weighted by molar-refractivity contribution is 14.0. The van der Waals surface area contributed by atoms with Crippen LogP contribution in [0.5, 0.6) is 0 Å². The van der Waals surface area contributed by atoms with Gasteiger partial charge in [-0.25, -0.2) is 0 Å². The van der Waals surface area contributed by atoms with Crippen molar-refractivity contribution in [1.82, 2.24) is 10.6 Å². The van der Waals surface area contributed by atoms with Crippen LogP contribution in [0.2, 0.25) is 0 Å². The van der Waals surface area contributed by atoms with Crippen LogP contribution in [-0.4, -0.2) is 52.0 Å². The Bertz CT molecular complexity index is 213. The Morgan fingerprint density at radius 1 is 1.28 bits per heavy atom. The molecule has 110 valence electrons. The van der Waals surface area contributed by atoms with Crippen LogP contribution in [0.15, 0.2) is 4.99 Å². The van der Waals surface area contributed by atoms with Gasteiger partial charge in [0.1, 0.15) is 0 Å². The number of ether oxygens (including phenoxy) is 2. The number of nitrogens with zero attached hydrogens (tertiary/aromatic N) is 1. The summed E-state index contributed by atoms with van der Waals surface area (Å²) in [6.07, 6.45) is 1.27. The lowest BCUT2D eigenvalue weighted by Gasteiger charge is -2.17. The number of aliphatic imine (C=N–C) groups is 1. The van der Waals surface area contributed by atoms with E-state index in [1.54, 1.807) is 14.2 Å². The van der Waals surface area contributed by atoms with Gasteiger partial charge in [-0.1, -0.05) is 0 Å². The molecule has 0 aromatic heterocycles. The minimum atomic E-state index is 0. The zero-order valence-electron chi connectivity index (χ0n) is 12.2. The van der Waals surface area contributed by atoms with Crippen LogP contribution in [-0.2, 0) is 9.47 Å². The Morgan fingerprint density at radius 2 is 1.94 bits per heavy atom. The third-order valence-electron chi connectivity index (χ3n) is 2.09. The second-order valence-corrected chi connectivity index (χ2v) is 4.27. The Balaban J connectivity index is 0. The lowest BCUT2D eigenvalue weighted by molar-refractivity contribution is 0.0776. The molecule has 1 atom stereocenters. The molecule has 0 fully saturated rings. The van der Waals surface area contributed by atoms with Crippen molar-refractivity contribution in [2.24, 2.45) is 4.99 Å². The normalized spacial score (nSPS) is 13.1. The smallest absolute Gasteiger partial charge is 0.191 e. The van der Waals surface area contributed by atoms with Gasteiger partial charge in [-0.05, 0) is 27.2 Å². The van der Waals surface area contributed by atoms with Crippen LogP contribution in [0, 0.1) is 0 Å². The molecule has 0 aromatic rings. The lowest BCUT2D eigenvalue weighted by atomic mass is 10.3. The van der Waals surface area contributed by atoms with Crippen molar-refractivity contribution in [3.8, 4) is 0 Å². The zero-order valence-corrected chi connectivity index (χ0v) is 14.5. The van der Waals surface area contributed by atoms with Gasteiger partial charge in [0.15, 0.2) is 5.96 Å². The van der Waals surface area contributed by atoms with E-state index in [2.05, 4.69) is 22.5 Å². The predicted molar refractivity (Wildman–Crippen MR) is 87.0 cm³/mol. The number of halogens is 1. The van der Waals surface area contributed by atoms with E-state index in [-0.39, 0.29) is 30.0 Å². The summed E-state index contributed by atoms with van der Waals surface area (Å²) in [5, 5.41) is 6.48. The summed E-state index contributed by atoms with van der Waals surface area (Å²) in [4.78, 5) is 4.14. The fourth-order valence-corrected chi connectivity index (χ4v) is 1.32. The molecular formula is C12H28IN3O2. The van der Waals surface area contributed by atoms with E-state index in [0.717, 1.165) is 25.5 Å². The average Bonchev–Trinajstić information content (AvgIpc) is 2.27. The third-order valence-corrected chi connectivity index (χ3v) is 2.09. The lowest BCUT2D eigenvalue weighted by Crippen LogP contribution is -2.44. The van der Waals surface area contributed by atoms with Crippen molar-refractivity contribution < 1.29 is 9.47 Å². The van der Waals surface area contributed by atoms with Gasteiger partial charge in [-0.2, -0.15) is 0 Å². The Kier molecular flexibility index (Phi) is 15.0. The molecule has 0 saturated carbocycles. The summed E-state index contributed by atoms with van der Waals surface area (Å²) >= 11 is 0. The number of nitrogens with one attached hydrogen (secondary N) is 2.